The van der Waals surface area contributed by atoms with Crippen molar-refractivity contribution in [2.45, 2.75) is 71.8 Å². The topological polar surface area (TPSA) is 161 Å². The van der Waals surface area contributed by atoms with E-state index in [9.17, 15) is 24.0 Å². The Labute approximate surface area is 264 Å². The van der Waals surface area contributed by atoms with Crippen LogP contribution in [0.4, 0.5) is 4.79 Å². The van der Waals surface area contributed by atoms with Crippen LogP contribution in [-0.4, -0.2) is 68.2 Å². The quantitative estimate of drug-likeness (QED) is 0.173. The van der Waals surface area contributed by atoms with Crippen molar-refractivity contribution in [2.75, 3.05) is 20.7 Å². The number of hydrogen-bond donors (Lipinski definition) is 4. The molecule has 0 aliphatic rings. The van der Waals surface area contributed by atoms with Crippen LogP contribution < -0.4 is 26.0 Å². The number of hydrogen-bond acceptors (Lipinski definition) is 8. The molecule has 0 saturated carbocycles. The summed E-state index contributed by atoms with van der Waals surface area (Å²) in [6, 6.07) is 14.0. The van der Waals surface area contributed by atoms with Crippen molar-refractivity contribution in [1.29, 1.82) is 0 Å². The molecule has 0 heterocycles. The van der Waals surface area contributed by atoms with Gasteiger partial charge in [0.15, 0.2) is 5.92 Å². The largest absolute Gasteiger partial charge is 0.497 e. The number of methoxy groups -OCH3 is 1. The summed E-state index contributed by atoms with van der Waals surface area (Å²) in [6.45, 7) is 8.27. The standard InChI is InChI=1S/C33H46N4O8/c1-21(2)17-26(30(40)37-27(29(39)34-6)18-22-13-15-24(43-7)16-14-22)36-28(38)25(19-35-32(42)45-33(3,4)5)31(41)44-20-23-11-9-8-10-12-23/h8-16,21,25-27H,17-20H2,1-7H3,(H,34,39)(H,35,42)(H,36,38)(H,37,40)/t25?,26-,27-/m0/s1. The van der Waals surface area contributed by atoms with Gasteiger partial charge in [-0.3, -0.25) is 19.2 Å². The highest BCUT2D eigenvalue weighted by Crippen LogP contribution is 2.14. The third kappa shape index (κ3) is 13.3. The molecule has 1 unspecified atom stereocenters. The van der Waals surface area contributed by atoms with Gasteiger partial charge in [0.25, 0.3) is 0 Å². The zero-order valence-corrected chi connectivity index (χ0v) is 27.1. The molecule has 0 radical (unpaired) electrons. The number of ether oxygens (including phenoxy) is 3. The lowest BCUT2D eigenvalue weighted by Crippen LogP contribution is -2.56. The van der Waals surface area contributed by atoms with Gasteiger partial charge in [-0.25, -0.2) is 4.79 Å². The number of carbonyl (C=O) groups is 5. The molecule has 2 rings (SSSR count). The minimum Gasteiger partial charge on any atom is -0.497 e. The summed E-state index contributed by atoms with van der Waals surface area (Å²) in [5.74, 6) is -3.61. The predicted octanol–water partition coefficient (Wildman–Crippen LogP) is 2.88. The molecule has 2 aromatic carbocycles. The molecule has 2 aromatic rings. The van der Waals surface area contributed by atoms with Crippen molar-refractivity contribution in [3.05, 3.63) is 65.7 Å². The molecule has 4 N–H and O–H groups in total. The number of amides is 4. The molecule has 0 saturated heterocycles. The Balaban J connectivity index is 2.23. The van der Waals surface area contributed by atoms with Crippen LogP contribution in [0.15, 0.2) is 54.6 Å². The summed E-state index contributed by atoms with van der Waals surface area (Å²) in [4.78, 5) is 65.3. The molecule has 0 bridgehead atoms. The van der Waals surface area contributed by atoms with Gasteiger partial charge in [0.2, 0.25) is 17.7 Å². The van der Waals surface area contributed by atoms with Crippen molar-refractivity contribution < 1.29 is 38.2 Å². The summed E-state index contributed by atoms with van der Waals surface area (Å²) < 4.78 is 15.8. The van der Waals surface area contributed by atoms with Gasteiger partial charge < -0.3 is 35.5 Å². The Bertz CT molecular complexity index is 1280. The van der Waals surface area contributed by atoms with E-state index in [1.165, 1.54) is 7.05 Å². The van der Waals surface area contributed by atoms with Crippen LogP contribution in [0.2, 0.25) is 0 Å². The Morgan fingerprint density at radius 1 is 0.800 bits per heavy atom. The van der Waals surface area contributed by atoms with E-state index in [1.807, 2.05) is 19.9 Å². The highest BCUT2D eigenvalue weighted by molar-refractivity contribution is 6.00. The van der Waals surface area contributed by atoms with E-state index in [0.29, 0.717) is 11.3 Å². The fourth-order valence-corrected chi connectivity index (χ4v) is 4.24. The third-order valence-electron chi connectivity index (χ3n) is 6.49. The first kappa shape index (κ1) is 36.6. The number of likely N-dealkylation sites (N-methyl/N-ethyl adjacent to an activating group) is 1. The van der Waals surface area contributed by atoms with Gasteiger partial charge in [-0.15, -0.1) is 0 Å². The molecular formula is C33H46N4O8. The second kappa shape index (κ2) is 17.6. The van der Waals surface area contributed by atoms with Crippen molar-refractivity contribution >= 4 is 29.8 Å². The number of rotatable bonds is 15. The summed E-state index contributed by atoms with van der Waals surface area (Å²) >= 11 is 0. The molecule has 0 spiro atoms. The average Bonchev–Trinajstić information content (AvgIpc) is 2.98. The number of nitrogens with one attached hydrogen (secondary N) is 4. The van der Waals surface area contributed by atoms with Gasteiger partial charge in [0.05, 0.1) is 7.11 Å². The van der Waals surface area contributed by atoms with Gasteiger partial charge in [-0.05, 0) is 56.4 Å². The number of carbonyl (C=O) groups excluding carboxylic acids is 5. The Kier molecular flexibility index (Phi) is 14.3. The maximum Gasteiger partial charge on any atom is 0.407 e. The molecule has 45 heavy (non-hydrogen) atoms. The van der Waals surface area contributed by atoms with Crippen LogP contribution in [0.5, 0.6) is 5.75 Å². The third-order valence-corrected chi connectivity index (χ3v) is 6.49. The second-order valence-electron chi connectivity index (χ2n) is 11.9. The Morgan fingerprint density at radius 3 is 1.98 bits per heavy atom. The zero-order chi connectivity index (χ0) is 33.6. The summed E-state index contributed by atoms with van der Waals surface area (Å²) in [5.41, 5.74) is 0.686. The van der Waals surface area contributed by atoms with Crippen molar-refractivity contribution in [1.82, 2.24) is 21.3 Å². The van der Waals surface area contributed by atoms with Crippen LogP contribution in [0.1, 0.15) is 52.2 Å². The van der Waals surface area contributed by atoms with E-state index >= 15 is 0 Å². The Hall–Kier alpha value is -4.61. The molecule has 246 valence electrons. The fraction of sp³-hybridized carbons (Fsp3) is 0.485. The van der Waals surface area contributed by atoms with Crippen molar-refractivity contribution in [2.24, 2.45) is 11.8 Å². The fourth-order valence-electron chi connectivity index (χ4n) is 4.24. The normalized spacial score (nSPS) is 13.1. The monoisotopic (exact) mass is 626 g/mol. The average molecular weight is 627 g/mol. The van der Waals surface area contributed by atoms with Crippen LogP contribution >= 0.6 is 0 Å². The van der Waals surface area contributed by atoms with Gasteiger partial charge in [-0.1, -0.05) is 56.3 Å². The maximum absolute atomic E-state index is 13.5. The van der Waals surface area contributed by atoms with E-state index in [4.69, 9.17) is 14.2 Å². The predicted molar refractivity (Wildman–Crippen MR) is 168 cm³/mol. The first-order valence-electron chi connectivity index (χ1n) is 14.8. The molecule has 3 atom stereocenters. The molecule has 0 fully saturated rings. The maximum atomic E-state index is 13.5. The van der Waals surface area contributed by atoms with Crippen molar-refractivity contribution in [3.63, 3.8) is 0 Å². The van der Waals surface area contributed by atoms with Crippen LogP contribution in [0, 0.1) is 11.8 Å². The van der Waals surface area contributed by atoms with Gasteiger partial charge in [0, 0.05) is 20.0 Å². The lowest BCUT2D eigenvalue weighted by Gasteiger charge is -2.26. The summed E-state index contributed by atoms with van der Waals surface area (Å²) in [7, 11) is 3.01. The smallest absolute Gasteiger partial charge is 0.407 e. The minimum absolute atomic E-state index is 0.0375. The lowest BCUT2D eigenvalue weighted by atomic mass is 10.00. The molecule has 12 heteroatoms. The van der Waals surface area contributed by atoms with E-state index in [0.717, 1.165) is 5.56 Å². The van der Waals surface area contributed by atoms with Gasteiger partial charge in [-0.2, -0.15) is 0 Å². The van der Waals surface area contributed by atoms with E-state index in [-0.39, 0.29) is 25.4 Å². The minimum atomic E-state index is -1.49. The Morgan fingerprint density at radius 2 is 1.42 bits per heavy atom. The first-order chi connectivity index (χ1) is 21.2. The molecule has 0 aromatic heterocycles. The van der Waals surface area contributed by atoms with Crippen molar-refractivity contribution in [3.8, 4) is 5.75 Å². The van der Waals surface area contributed by atoms with Crippen LogP contribution in [0.3, 0.4) is 0 Å². The summed E-state index contributed by atoms with van der Waals surface area (Å²) in [5, 5.41) is 10.4. The summed E-state index contributed by atoms with van der Waals surface area (Å²) in [6.07, 6.45) is -0.419. The highest BCUT2D eigenvalue weighted by Gasteiger charge is 2.34. The lowest BCUT2D eigenvalue weighted by molar-refractivity contribution is -0.154. The highest BCUT2D eigenvalue weighted by atomic mass is 16.6. The first-order valence-corrected chi connectivity index (χ1v) is 14.8. The van der Waals surface area contributed by atoms with Crippen LogP contribution in [0.25, 0.3) is 0 Å². The molecule has 0 aliphatic carbocycles. The number of benzene rings is 2. The van der Waals surface area contributed by atoms with E-state index in [1.54, 1.807) is 76.4 Å². The van der Waals surface area contributed by atoms with Gasteiger partial charge in [0.1, 0.15) is 30.0 Å². The number of esters is 1. The molecule has 0 aliphatic heterocycles. The second-order valence-corrected chi connectivity index (χ2v) is 11.9. The van der Waals surface area contributed by atoms with E-state index in [2.05, 4.69) is 21.3 Å². The van der Waals surface area contributed by atoms with Gasteiger partial charge >= 0.3 is 12.1 Å². The number of alkyl carbamates (subject to hydrolysis) is 1. The SMILES string of the molecule is CNC(=O)[C@H](Cc1ccc(OC)cc1)NC(=O)[C@H](CC(C)C)NC(=O)C(CNC(=O)OC(C)(C)C)C(=O)OCc1ccccc1. The van der Waals surface area contributed by atoms with Crippen LogP contribution in [-0.2, 0) is 41.7 Å². The zero-order valence-electron chi connectivity index (χ0n) is 27.1. The molecule has 12 nitrogen and oxygen atoms in total. The molecular weight excluding hydrogens is 580 g/mol. The molecule has 4 amide bonds. The van der Waals surface area contributed by atoms with E-state index < -0.39 is 59.9 Å².